The summed E-state index contributed by atoms with van der Waals surface area (Å²) in [5.74, 6) is 0.319. The molecule has 2 rings (SSSR count). The van der Waals surface area contributed by atoms with E-state index < -0.39 is 0 Å². The molecule has 0 bridgehead atoms. The van der Waals surface area contributed by atoms with Gasteiger partial charge in [-0.05, 0) is 43.3 Å². The van der Waals surface area contributed by atoms with Crippen LogP contribution in [0.1, 0.15) is 35.7 Å². The molecule has 0 aliphatic rings. The molecule has 100 valence electrons. The first-order valence-corrected chi connectivity index (χ1v) is 7.27. The summed E-state index contributed by atoms with van der Waals surface area (Å²) in [4.78, 5) is 4.47. The molecular weight excluding hydrogens is 300 g/mol. The van der Waals surface area contributed by atoms with E-state index in [0.29, 0.717) is 5.92 Å². The molecule has 0 saturated heterocycles. The van der Waals surface area contributed by atoms with Crippen molar-refractivity contribution >= 4 is 15.9 Å². The van der Waals surface area contributed by atoms with E-state index in [-0.39, 0.29) is 6.04 Å². The van der Waals surface area contributed by atoms with Gasteiger partial charge in [0.25, 0.3) is 0 Å². The van der Waals surface area contributed by atoms with Crippen molar-refractivity contribution in [3.63, 3.8) is 0 Å². The minimum absolute atomic E-state index is 0.257. The number of nitrogens with zero attached hydrogens (tertiary/aromatic N) is 1. The van der Waals surface area contributed by atoms with Crippen molar-refractivity contribution in [1.29, 1.82) is 0 Å². The molecule has 0 fully saturated rings. The normalized spacial score (nSPS) is 14.1. The Morgan fingerprint density at radius 1 is 1.16 bits per heavy atom. The van der Waals surface area contributed by atoms with Gasteiger partial charge in [0, 0.05) is 28.3 Å². The Morgan fingerprint density at radius 3 is 2.58 bits per heavy atom. The first kappa shape index (κ1) is 14.2. The van der Waals surface area contributed by atoms with Gasteiger partial charge in [-0.25, -0.2) is 0 Å². The highest BCUT2D eigenvalue weighted by Crippen LogP contribution is 2.33. The largest absolute Gasteiger partial charge is 0.312 e. The molecule has 1 heterocycles. The van der Waals surface area contributed by atoms with Crippen molar-refractivity contribution < 1.29 is 0 Å². The van der Waals surface area contributed by atoms with E-state index in [4.69, 9.17) is 0 Å². The summed E-state index contributed by atoms with van der Waals surface area (Å²) in [6.45, 7) is 4.36. The minimum Gasteiger partial charge on any atom is -0.312 e. The third-order valence-corrected chi connectivity index (χ3v) is 4.47. The summed E-state index contributed by atoms with van der Waals surface area (Å²) in [6, 6.07) is 12.7. The predicted molar refractivity (Wildman–Crippen MR) is 83.3 cm³/mol. The Kier molecular flexibility index (Phi) is 4.72. The number of hydrogen-bond acceptors (Lipinski definition) is 2. The third-order valence-electron chi connectivity index (χ3n) is 3.61. The van der Waals surface area contributed by atoms with Gasteiger partial charge in [-0.3, -0.25) is 4.98 Å². The summed E-state index contributed by atoms with van der Waals surface area (Å²) >= 11 is 3.61. The summed E-state index contributed by atoms with van der Waals surface area (Å²) in [5, 5.41) is 3.42. The van der Waals surface area contributed by atoms with Crippen LogP contribution in [0.25, 0.3) is 0 Å². The maximum absolute atomic E-state index is 4.47. The molecule has 0 spiro atoms. The van der Waals surface area contributed by atoms with Crippen molar-refractivity contribution in [2.75, 3.05) is 7.05 Å². The molecule has 0 amide bonds. The molecule has 2 unspecified atom stereocenters. The van der Waals surface area contributed by atoms with Crippen LogP contribution in [-0.2, 0) is 0 Å². The number of aromatic nitrogens is 1. The van der Waals surface area contributed by atoms with Gasteiger partial charge in [0.2, 0.25) is 0 Å². The lowest BCUT2D eigenvalue weighted by Crippen LogP contribution is -2.23. The van der Waals surface area contributed by atoms with Crippen LogP contribution >= 0.6 is 15.9 Å². The second kappa shape index (κ2) is 6.31. The van der Waals surface area contributed by atoms with E-state index in [1.54, 1.807) is 0 Å². The molecule has 0 aliphatic carbocycles. The molecule has 2 aromatic rings. The highest BCUT2D eigenvalue weighted by molar-refractivity contribution is 9.10. The van der Waals surface area contributed by atoms with Gasteiger partial charge in [-0.1, -0.05) is 41.1 Å². The Morgan fingerprint density at radius 2 is 1.95 bits per heavy atom. The molecule has 1 N–H and O–H groups in total. The first-order chi connectivity index (χ1) is 9.15. The number of pyridine rings is 1. The van der Waals surface area contributed by atoms with Crippen molar-refractivity contribution in [3.8, 4) is 0 Å². The van der Waals surface area contributed by atoms with Crippen molar-refractivity contribution in [2.24, 2.45) is 0 Å². The minimum atomic E-state index is 0.257. The Bertz CT molecular complexity index is 540. The number of halogens is 1. The smallest absolute Gasteiger partial charge is 0.0450 e. The monoisotopic (exact) mass is 318 g/mol. The first-order valence-electron chi connectivity index (χ1n) is 6.48. The van der Waals surface area contributed by atoms with E-state index in [2.05, 4.69) is 64.3 Å². The van der Waals surface area contributed by atoms with E-state index >= 15 is 0 Å². The molecule has 1 aromatic heterocycles. The van der Waals surface area contributed by atoms with Gasteiger partial charge in [0.05, 0.1) is 0 Å². The van der Waals surface area contributed by atoms with Crippen LogP contribution < -0.4 is 5.32 Å². The van der Waals surface area contributed by atoms with Gasteiger partial charge in [0.1, 0.15) is 0 Å². The van der Waals surface area contributed by atoms with Gasteiger partial charge < -0.3 is 5.32 Å². The molecule has 3 heteroatoms. The Labute approximate surface area is 123 Å². The number of likely N-dealkylation sites (N-methyl/N-ethyl adjacent to an activating group) is 1. The zero-order valence-electron chi connectivity index (χ0n) is 11.5. The van der Waals surface area contributed by atoms with E-state index in [1.807, 2.05) is 25.4 Å². The summed E-state index contributed by atoms with van der Waals surface area (Å²) in [5.41, 5.74) is 3.71. The summed E-state index contributed by atoms with van der Waals surface area (Å²) in [7, 11) is 2.00. The van der Waals surface area contributed by atoms with E-state index in [0.717, 1.165) is 10.2 Å². The Balaban J connectivity index is 2.37. The van der Waals surface area contributed by atoms with Crippen LogP contribution in [-0.4, -0.2) is 12.0 Å². The van der Waals surface area contributed by atoms with Crippen LogP contribution in [0.2, 0.25) is 0 Å². The average Bonchev–Trinajstić information content (AvgIpc) is 2.45. The quantitative estimate of drug-likeness (QED) is 0.913. The number of hydrogen-bond donors (Lipinski definition) is 1. The van der Waals surface area contributed by atoms with Gasteiger partial charge >= 0.3 is 0 Å². The SMILES string of the molecule is CNC(c1cccc(Br)c1C)C(C)c1ccccn1. The highest BCUT2D eigenvalue weighted by Gasteiger charge is 2.22. The molecule has 1 aromatic carbocycles. The van der Waals surface area contributed by atoms with Crippen LogP contribution in [0.5, 0.6) is 0 Å². The zero-order valence-corrected chi connectivity index (χ0v) is 13.1. The lowest BCUT2D eigenvalue weighted by Gasteiger charge is -2.25. The number of benzene rings is 1. The van der Waals surface area contributed by atoms with Gasteiger partial charge in [-0.15, -0.1) is 0 Å². The fraction of sp³-hybridized carbons (Fsp3) is 0.312. The van der Waals surface area contributed by atoms with E-state index in [1.165, 1.54) is 11.1 Å². The molecule has 0 saturated carbocycles. The van der Waals surface area contributed by atoms with Crippen LogP contribution in [0.3, 0.4) is 0 Å². The highest BCUT2D eigenvalue weighted by atomic mass is 79.9. The van der Waals surface area contributed by atoms with Crippen molar-refractivity contribution in [1.82, 2.24) is 10.3 Å². The summed E-state index contributed by atoms with van der Waals surface area (Å²) < 4.78 is 1.15. The topological polar surface area (TPSA) is 24.9 Å². The second-order valence-electron chi connectivity index (χ2n) is 4.76. The molecular formula is C16H19BrN2. The molecule has 2 atom stereocenters. The second-order valence-corrected chi connectivity index (χ2v) is 5.62. The number of nitrogens with one attached hydrogen (secondary N) is 1. The van der Waals surface area contributed by atoms with Crippen molar-refractivity contribution in [2.45, 2.75) is 25.8 Å². The molecule has 2 nitrogen and oxygen atoms in total. The lowest BCUT2D eigenvalue weighted by atomic mass is 9.89. The average molecular weight is 319 g/mol. The maximum atomic E-state index is 4.47. The standard InChI is InChI=1S/C16H19BrN2/c1-11-13(7-6-8-14(11)17)16(18-3)12(2)15-9-4-5-10-19-15/h4-10,12,16,18H,1-3H3. The fourth-order valence-electron chi connectivity index (χ4n) is 2.45. The summed E-state index contributed by atoms with van der Waals surface area (Å²) in [6.07, 6.45) is 1.85. The maximum Gasteiger partial charge on any atom is 0.0450 e. The number of rotatable bonds is 4. The Hall–Kier alpha value is -1.19. The van der Waals surface area contributed by atoms with Crippen LogP contribution in [0.15, 0.2) is 47.1 Å². The van der Waals surface area contributed by atoms with Gasteiger partial charge in [-0.2, -0.15) is 0 Å². The lowest BCUT2D eigenvalue weighted by molar-refractivity contribution is 0.497. The molecule has 0 aliphatic heterocycles. The predicted octanol–water partition coefficient (Wildman–Crippen LogP) is 4.22. The molecule has 0 radical (unpaired) electrons. The van der Waals surface area contributed by atoms with Crippen LogP contribution in [0.4, 0.5) is 0 Å². The van der Waals surface area contributed by atoms with E-state index in [9.17, 15) is 0 Å². The fourth-order valence-corrected chi connectivity index (χ4v) is 2.83. The van der Waals surface area contributed by atoms with Crippen molar-refractivity contribution in [3.05, 3.63) is 63.9 Å². The van der Waals surface area contributed by atoms with Gasteiger partial charge in [0.15, 0.2) is 0 Å². The van der Waals surface area contributed by atoms with Crippen LogP contribution in [0, 0.1) is 6.92 Å². The third kappa shape index (κ3) is 3.04. The zero-order chi connectivity index (χ0) is 13.8. The molecule has 19 heavy (non-hydrogen) atoms.